The molecule has 1 aliphatic rings. The van der Waals surface area contributed by atoms with Crippen LogP contribution in [0, 0.1) is 6.92 Å². The lowest BCUT2D eigenvalue weighted by Crippen LogP contribution is -2.27. The quantitative estimate of drug-likeness (QED) is 0.324. The Labute approximate surface area is 205 Å². The number of carboxylic acids is 1. The third-order valence-corrected chi connectivity index (χ3v) is 6.57. The highest BCUT2D eigenvalue weighted by atomic mass is 32.2. The van der Waals surface area contributed by atoms with Crippen LogP contribution in [0.3, 0.4) is 0 Å². The van der Waals surface area contributed by atoms with Crippen molar-refractivity contribution >= 4 is 33.5 Å². The number of hydrogen-bond acceptors (Lipinski definition) is 8. The number of aromatic carboxylic acids is 1. The van der Waals surface area contributed by atoms with Crippen LogP contribution in [0.15, 0.2) is 53.8 Å². The van der Waals surface area contributed by atoms with E-state index < -0.39 is 26.9 Å². The molecule has 4 N–H and O–H groups in total. The van der Waals surface area contributed by atoms with Crippen molar-refractivity contribution in [1.29, 1.82) is 0 Å². The van der Waals surface area contributed by atoms with E-state index in [-0.39, 0.29) is 36.9 Å². The maximum absolute atomic E-state index is 12.7. The zero-order valence-electron chi connectivity index (χ0n) is 18.9. The number of benzene rings is 2. The lowest BCUT2D eigenvalue weighted by atomic mass is 10.1. The molecule has 0 saturated carbocycles. The van der Waals surface area contributed by atoms with Gasteiger partial charge < -0.3 is 20.5 Å². The summed E-state index contributed by atoms with van der Waals surface area (Å²) in [5.41, 5.74) is 2.20. The predicted molar refractivity (Wildman–Crippen MR) is 126 cm³/mol. The molecule has 3 aromatic rings. The molecule has 0 bridgehead atoms. The van der Waals surface area contributed by atoms with Crippen molar-refractivity contribution in [2.75, 3.05) is 11.9 Å². The summed E-state index contributed by atoms with van der Waals surface area (Å²) in [6, 6.07) is 10.6. The molecule has 2 amide bonds. The van der Waals surface area contributed by atoms with Crippen LogP contribution >= 0.6 is 0 Å². The van der Waals surface area contributed by atoms with Gasteiger partial charge in [0.1, 0.15) is 17.8 Å². The SMILES string of the molecule is Cc1cc(CNS(=O)(=O)c2cc(C(=O)NCc3ccc4c(c3)NC(=O)CO4)ncn2)ccc1C(=O)O. The van der Waals surface area contributed by atoms with Gasteiger partial charge in [0.15, 0.2) is 11.6 Å². The Bertz CT molecular complexity index is 1470. The minimum atomic E-state index is -4.09. The first kappa shape index (κ1) is 24.8. The van der Waals surface area contributed by atoms with Crippen molar-refractivity contribution in [2.45, 2.75) is 25.0 Å². The number of aromatic nitrogens is 2. The number of nitrogens with zero attached hydrogens (tertiary/aromatic N) is 2. The number of anilines is 1. The number of hydrogen-bond donors (Lipinski definition) is 4. The van der Waals surface area contributed by atoms with Crippen molar-refractivity contribution in [2.24, 2.45) is 0 Å². The number of carbonyl (C=O) groups excluding carboxylic acids is 2. The van der Waals surface area contributed by atoms with Crippen molar-refractivity contribution in [3.05, 3.63) is 76.7 Å². The summed E-state index contributed by atoms with van der Waals surface area (Å²) in [6.45, 7) is 1.55. The van der Waals surface area contributed by atoms with Crippen LogP contribution in [0.1, 0.15) is 37.5 Å². The normalized spacial score (nSPS) is 12.8. The third kappa shape index (κ3) is 5.64. The van der Waals surface area contributed by atoms with Gasteiger partial charge in [-0.05, 0) is 41.8 Å². The molecule has 36 heavy (non-hydrogen) atoms. The van der Waals surface area contributed by atoms with Crippen molar-refractivity contribution in [3.8, 4) is 5.75 Å². The zero-order chi connectivity index (χ0) is 25.9. The molecule has 0 atom stereocenters. The Morgan fingerprint density at radius 3 is 2.58 bits per heavy atom. The van der Waals surface area contributed by atoms with E-state index in [0.29, 0.717) is 28.1 Å². The minimum Gasteiger partial charge on any atom is -0.482 e. The number of ether oxygens (including phenoxy) is 1. The molecule has 0 saturated heterocycles. The van der Waals surface area contributed by atoms with Crippen LogP contribution in [0.5, 0.6) is 5.75 Å². The lowest BCUT2D eigenvalue weighted by Gasteiger charge is -2.18. The lowest BCUT2D eigenvalue weighted by molar-refractivity contribution is -0.118. The predicted octanol–water partition coefficient (Wildman–Crippen LogP) is 1.22. The molecule has 1 aromatic heterocycles. The summed E-state index contributed by atoms with van der Waals surface area (Å²) in [5.74, 6) is -1.44. The van der Waals surface area contributed by atoms with Crippen LogP contribution in [0.2, 0.25) is 0 Å². The van der Waals surface area contributed by atoms with E-state index >= 15 is 0 Å². The average molecular weight is 512 g/mol. The van der Waals surface area contributed by atoms with Crippen LogP contribution in [0.4, 0.5) is 5.69 Å². The molecule has 186 valence electrons. The molecule has 2 heterocycles. The molecule has 0 fully saturated rings. The fourth-order valence-electron chi connectivity index (χ4n) is 3.45. The van der Waals surface area contributed by atoms with Crippen LogP contribution in [-0.2, 0) is 27.9 Å². The molecule has 4 rings (SSSR count). The molecule has 0 aliphatic carbocycles. The maximum atomic E-state index is 12.7. The van der Waals surface area contributed by atoms with Crippen LogP contribution in [0.25, 0.3) is 0 Å². The monoisotopic (exact) mass is 511 g/mol. The second-order valence-electron chi connectivity index (χ2n) is 7.87. The number of carbonyl (C=O) groups is 3. The maximum Gasteiger partial charge on any atom is 0.335 e. The summed E-state index contributed by atoms with van der Waals surface area (Å²) in [6.07, 6.45) is 0.973. The number of fused-ring (bicyclic) bond motifs is 1. The van der Waals surface area contributed by atoms with Gasteiger partial charge in [-0.3, -0.25) is 9.59 Å². The Balaban J connectivity index is 1.40. The molecule has 1 aliphatic heterocycles. The van der Waals surface area contributed by atoms with E-state index in [1.165, 1.54) is 12.1 Å². The van der Waals surface area contributed by atoms with Gasteiger partial charge in [-0.25, -0.2) is 27.9 Å². The molecule has 0 spiro atoms. The topological polar surface area (TPSA) is 177 Å². The summed E-state index contributed by atoms with van der Waals surface area (Å²) in [5, 5.41) is 14.0. The number of rotatable bonds is 8. The van der Waals surface area contributed by atoms with Gasteiger partial charge in [0.25, 0.3) is 21.8 Å². The van der Waals surface area contributed by atoms with E-state index in [4.69, 9.17) is 9.84 Å². The second-order valence-corrected chi connectivity index (χ2v) is 9.58. The molecule has 0 radical (unpaired) electrons. The largest absolute Gasteiger partial charge is 0.482 e. The van der Waals surface area contributed by atoms with E-state index in [1.807, 2.05) is 0 Å². The van der Waals surface area contributed by atoms with Gasteiger partial charge in [-0.2, -0.15) is 0 Å². The van der Waals surface area contributed by atoms with E-state index in [1.54, 1.807) is 31.2 Å². The standard InChI is InChI=1S/C23H21N5O7S/c1-13-6-14(2-4-16(13)23(31)32)10-27-36(33,34)21-8-18(25-12-26-21)22(30)24-9-15-3-5-19-17(7-15)28-20(29)11-35-19/h2-8,12,27H,9-11H2,1H3,(H,24,30)(H,28,29)(H,31,32). The first-order valence-corrected chi connectivity index (χ1v) is 12.1. The summed E-state index contributed by atoms with van der Waals surface area (Å²) in [7, 11) is -4.09. The molecule has 12 nitrogen and oxygen atoms in total. The smallest absolute Gasteiger partial charge is 0.335 e. The first-order chi connectivity index (χ1) is 17.1. The minimum absolute atomic E-state index is 0.0620. The highest BCUT2D eigenvalue weighted by Gasteiger charge is 2.20. The van der Waals surface area contributed by atoms with Crippen LogP contribution < -0.4 is 20.1 Å². The van der Waals surface area contributed by atoms with E-state index in [9.17, 15) is 22.8 Å². The molecule has 13 heteroatoms. The fraction of sp³-hybridized carbons (Fsp3) is 0.174. The van der Waals surface area contributed by atoms with Gasteiger partial charge in [-0.1, -0.05) is 18.2 Å². The van der Waals surface area contributed by atoms with Gasteiger partial charge in [0.05, 0.1) is 11.3 Å². The molecule has 0 unspecified atom stereocenters. The fourth-order valence-corrected chi connectivity index (χ4v) is 4.41. The van der Waals surface area contributed by atoms with Gasteiger partial charge in [0, 0.05) is 19.2 Å². The van der Waals surface area contributed by atoms with E-state index in [0.717, 1.165) is 12.4 Å². The van der Waals surface area contributed by atoms with Gasteiger partial charge in [-0.15, -0.1) is 0 Å². The average Bonchev–Trinajstić information content (AvgIpc) is 2.85. The number of carboxylic acid groups (broad SMARTS) is 1. The summed E-state index contributed by atoms with van der Waals surface area (Å²) in [4.78, 5) is 42.8. The van der Waals surface area contributed by atoms with Gasteiger partial charge >= 0.3 is 5.97 Å². The number of aryl methyl sites for hydroxylation is 1. The summed E-state index contributed by atoms with van der Waals surface area (Å²) < 4.78 is 33.1. The molecule has 2 aromatic carbocycles. The van der Waals surface area contributed by atoms with E-state index in [2.05, 4.69) is 25.3 Å². The van der Waals surface area contributed by atoms with Crippen molar-refractivity contribution in [3.63, 3.8) is 0 Å². The number of sulfonamides is 1. The first-order valence-electron chi connectivity index (χ1n) is 10.6. The Morgan fingerprint density at radius 2 is 1.83 bits per heavy atom. The van der Waals surface area contributed by atoms with Crippen LogP contribution in [-0.4, -0.2) is 47.9 Å². The second kappa shape index (κ2) is 10.1. The van der Waals surface area contributed by atoms with Crippen molar-refractivity contribution < 1.29 is 32.6 Å². The molecular weight excluding hydrogens is 490 g/mol. The number of nitrogens with one attached hydrogen (secondary N) is 3. The third-order valence-electron chi connectivity index (χ3n) is 5.27. The zero-order valence-corrected chi connectivity index (χ0v) is 19.8. The van der Waals surface area contributed by atoms with Gasteiger partial charge in [0.2, 0.25) is 0 Å². The Morgan fingerprint density at radius 1 is 1.08 bits per heavy atom. The van der Waals surface area contributed by atoms with Crippen molar-refractivity contribution in [1.82, 2.24) is 20.0 Å². The molecular formula is C23H21N5O7S. The summed E-state index contributed by atoms with van der Waals surface area (Å²) >= 11 is 0. The Hall–Kier alpha value is -4.36. The highest BCUT2D eigenvalue weighted by molar-refractivity contribution is 7.89. The number of amides is 2. The Kier molecular flexibility index (Phi) is 6.94. The highest BCUT2D eigenvalue weighted by Crippen LogP contribution is 2.28.